The van der Waals surface area contributed by atoms with Crippen molar-refractivity contribution in [3.63, 3.8) is 0 Å². The molecule has 1 heterocycles. The summed E-state index contributed by atoms with van der Waals surface area (Å²) < 4.78 is 9.30. The highest BCUT2D eigenvalue weighted by molar-refractivity contribution is 5.60. The fourth-order valence-corrected chi connectivity index (χ4v) is 0.780. The van der Waals surface area contributed by atoms with Crippen LogP contribution in [0.4, 0.5) is 4.79 Å². The number of cyclic esters (lactones) is 2. The minimum absolute atomic E-state index is 0.256. The predicted molar refractivity (Wildman–Crippen MR) is 35.6 cm³/mol. The molecule has 0 saturated carbocycles. The molecule has 3 heteroatoms. The van der Waals surface area contributed by atoms with Gasteiger partial charge in [-0.15, -0.1) is 6.58 Å². The van der Waals surface area contributed by atoms with Crippen molar-refractivity contribution in [2.24, 2.45) is 5.92 Å². The highest BCUT2D eigenvalue weighted by Gasteiger charge is 2.14. The quantitative estimate of drug-likeness (QED) is 0.409. The zero-order chi connectivity index (χ0) is 7.40. The van der Waals surface area contributed by atoms with E-state index in [1.165, 1.54) is 0 Å². The van der Waals surface area contributed by atoms with Crippen LogP contribution >= 0.6 is 0 Å². The van der Waals surface area contributed by atoms with Gasteiger partial charge in [-0.05, 0) is 6.42 Å². The van der Waals surface area contributed by atoms with Crippen LogP contribution in [0.3, 0.4) is 0 Å². The van der Waals surface area contributed by atoms with E-state index in [2.05, 4.69) is 16.1 Å². The molecule has 3 nitrogen and oxygen atoms in total. The molecule has 0 radical (unpaired) electrons. The number of ether oxygens (including phenoxy) is 2. The van der Waals surface area contributed by atoms with E-state index in [1.54, 1.807) is 6.08 Å². The Hall–Kier alpha value is -0.990. The van der Waals surface area contributed by atoms with Crippen LogP contribution < -0.4 is 0 Å². The monoisotopic (exact) mass is 142 g/mol. The van der Waals surface area contributed by atoms with Crippen molar-refractivity contribution in [1.29, 1.82) is 0 Å². The summed E-state index contributed by atoms with van der Waals surface area (Å²) in [6, 6.07) is 0. The molecule has 0 aromatic carbocycles. The fraction of sp³-hybridized carbons (Fsp3) is 0.571. The Kier molecular flexibility index (Phi) is 2.31. The van der Waals surface area contributed by atoms with Crippen molar-refractivity contribution in [2.75, 3.05) is 13.2 Å². The molecule has 1 rings (SSSR count). The van der Waals surface area contributed by atoms with Crippen LogP contribution in [0.25, 0.3) is 0 Å². The summed E-state index contributed by atoms with van der Waals surface area (Å²) in [6.45, 7) is 4.45. The summed E-state index contributed by atoms with van der Waals surface area (Å²) in [5.74, 6) is 0.256. The van der Waals surface area contributed by atoms with Crippen molar-refractivity contribution in [1.82, 2.24) is 0 Å². The molecular weight excluding hydrogens is 132 g/mol. The van der Waals surface area contributed by atoms with Crippen LogP contribution in [0.2, 0.25) is 0 Å². The van der Waals surface area contributed by atoms with Gasteiger partial charge >= 0.3 is 6.16 Å². The lowest BCUT2D eigenvalue weighted by Crippen LogP contribution is -2.06. The molecule has 0 amide bonds. The first-order valence-corrected chi connectivity index (χ1v) is 3.25. The lowest BCUT2D eigenvalue weighted by molar-refractivity contribution is 0.0711. The van der Waals surface area contributed by atoms with Gasteiger partial charge in [-0.1, -0.05) is 6.08 Å². The molecule has 1 saturated heterocycles. The number of rotatable bonds is 1. The van der Waals surface area contributed by atoms with Crippen molar-refractivity contribution in [2.45, 2.75) is 6.42 Å². The maximum atomic E-state index is 10.5. The van der Waals surface area contributed by atoms with Crippen molar-refractivity contribution in [3.05, 3.63) is 12.7 Å². The van der Waals surface area contributed by atoms with Crippen LogP contribution in [0, 0.1) is 5.92 Å². The van der Waals surface area contributed by atoms with Crippen molar-refractivity contribution >= 4 is 6.16 Å². The van der Waals surface area contributed by atoms with Crippen LogP contribution in [-0.4, -0.2) is 19.4 Å². The third kappa shape index (κ3) is 1.76. The molecule has 0 N–H and O–H groups in total. The molecule has 1 atom stereocenters. The van der Waals surface area contributed by atoms with Gasteiger partial charge in [-0.25, -0.2) is 4.79 Å². The number of hydrogen-bond acceptors (Lipinski definition) is 3. The minimum atomic E-state index is -0.565. The Morgan fingerprint density at radius 2 is 2.40 bits per heavy atom. The number of carbonyl (C=O) groups is 1. The molecule has 0 aliphatic carbocycles. The molecular formula is C7H10O3. The molecule has 1 unspecified atom stereocenters. The number of carbonyl (C=O) groups excluding carboxylic acids is 1. The molecule has 1 fully saturated rings. The third-order valence-electron chi connectivity index (χ3n) is 1.46. The smallest absolute Gasteiger partial charge is 0.434 e. The summed E-state index contributed by atoms with van der Waals surface area (Å²) in [5, 5.41) is 0. The molecule has 1 aliphatic heterocycles. The Balaban J connectivity index is 2.40. The molecule has 0 aromatic heterocycles. The SMILES string of the molecule is C=CC1CCOC(=O)OC1. The van der Waals surface area contributed by atoms with Gasteiger partial charge in [-0.2, -0.15) is 0 Å². The first-order valence-electron chi connectivity index (χ1n) is 3.25. The van der Waals surface area contributed by atoms with E-state index in [9.17, 15) is 4.79 Å². The molecule has 0 spiro atoms. The first-order chi connectivity index (χ1) is 4.83. The van der Waals surface area contributed by atoms with E-state index < -0.39 is 6.16 Å². The van der Waals surface area contributed by atoms with E-state index in [0.29, 0.717) is 13.2 Å². The van der Waals surface area contributed by atoms with E-state index in [-0.39, 0.29) is 5.92 Å². The molecule has 56 valence electrons. The van der Waals surface area contributed by atoms with E-state index in [1.807, 2.05) is 0 Å². The van der Waals surface area contributed by atoms with Crippen LogP contribution in [0.5, 0.6) is 0 Å². The highest BCUT2D eigenvalue weighted by Crippen LogP contribution is 2.09. The average Bonchev–Trinajstić information content (AvgIpc) is 2.14. The topological polar surface area (TPSA) is 35.5 Å². The Morgan fingerprint density at radius 3 is 3.10 bits per heavy atom. The molecule has 1 aliphatic rings. The predicted octanol–water partition coefficient (Wildman–Crippen LogP) is 1.35. The fourth-order valence-electron chi connectivity index (χ4n) is 0.780. The lowest BCUT2D eigenvalue weighted by Gasteiger charge is -2.02. The summed E-state index contributed by atoms with van der Waals surface area (Å²) in [6.07, 6.45) is 2.03. The summed E-state index contributed by atoms with van der Waals surface area (Å²) in [5.41, 5.74) is 0. The number of hydrogen-bond donors (Lipinski definition) is 0. The van der Waals surface area contributed by atoms with Crippen LogP contribution in [0.1, 0.15) is 6.42 Å². The standard InChI is InChI=1S/C7H10O3/c1-2-6-3-4-9-7(8)10-5-6/h2,6H,1,3-5H2. The molecule has 0 aromatic rings. The Labute approximate surface area is 59.6 Å². The van der Waals surface area contributed by atoms with Gasteiger partial charge in [0.25, 0.3) is 0 Å². The molecule has 10 heavy (non-hydrogen) atoms. The third-order valence-corrected chi connectivity index (χ3v) is 1.46. The zero-order valence-corrected chi connectivity index (χ0v) is 5.71. The van der Waals surface area contributed by atoms with Gasteiger partial charge in [0.2, 0.25) is 0 Å². The van der Waals surface area contributed by atoms with Crippen molar-refractivity contribution < 1.29 is 14.3 Å². The largest absolute Gasteiger partial charge is 0.508 e. The van der Waals surface area contributed by atoms with Crippen molar-refractivity contribution in [3.8, 4) is 0 Å². The second kappa shape index (κ2) is 3.25. The van der Waals surface area contributed by atoms with Gasteiger partial charge < -0.3 is 9.47 Å². The van der Waals surface area contributed by atoms with Gasteiger partial charge in [0.05, 0.1) is 6.61 Å². The lowest BCUT2D eigenvalue weighted by atomic mass is 10.1. The van der Waals surface area contributed by atoms with E-state index in [4.69, 9.17) is 0 Å². The Bertz CT molecular complexity index is 142. The summed E-state index contributed by atoms with van der Waals surface area (Å²) in [7, 11) is 0. The van der Waals surface area contributed by atoms with Gasteiger partial charge in [-0.3, -0.25) is 0 Å². The van der Waals surface area contributed by atoms with Crippen LogP contribution in [0.15, 0.2) is 12.7 Å². The van der Waals surface area contributed by atoms with Gasteiger partial charge in [0, 0.05) is 5.92 Å². The normalized spacial score (nSPS) is 26.0. The van der Waals surface area contributed by atoms with Gasteiger partial charge in [0.15, 0.2) is 0 Å². The summed E-state index contributed by atoms with van der Waals surface area (Å²) in [4.78, 5) is 10.5. The van der Waals surface area contributed by atoms with Crippen LogP contribution in [-0.2, 0) is 9.47 Å². The van der Waals surface area contributed by atoms with E-state index in [0.717, 1.165) is 6.42 Å². The van der Waals surface area contributed by atoms with E-state index >= 15 is 0 Å². The highest BCUT2D eigenvalue weighted by atomic mass is 16.7. The zero-order valence-electron chi connectivity index (χ0n) is 5.71. The Morgan fingerprint density at radius 1 is 1.60 bits per heavy atom. The van der Waals surface area contributed by atoms with Gasteiger partial charge in [0.1, 0.15) is 6.61 Å². The summed E-state index contributed by atoms with van der Waals surface area (Å²) >= 11 is 0. The first kappa shape index (κ1) is 7.12. The second-order valence-corrected chi connectivity index (χ2v) is 2.19. The maximum absolute atomic E-state index is 10.5. The minimum Gasteiger partial charge on any atom is -0.434 e. The average molecular weight is 142 g/mol. The molecule has 0 bridgehead atoms. The second-order valence-electron chi connectivity index (χ2n) is 2.19. The maximum Gasteiger partial charge on any atom is 0.508 e.